The quantitative estimate of drug-likeness (QED) is 0.724. The van der Waals surface area contributed by atoms with Crippen molar-refractivity contribution in [2.45, 2.75) is 25.7 Å². The molecule has 3 heteroatoms. The summed E-state index contributed by atoms with van der Waals surface area (Å²) in [5.74, 6) is 0.0761. The van der Waals surface area contributed by atoms with Crippen LogP contribution in [-0.4, -0.2) is 13.1 Å². The van der Waals surface area contributed by atoms with E-state index in [1.165, 1.54) is 6.07 Å². The first-order valence-electron chi connectivity index (χ1n) is 7.40. The van der Waals surface area contributed by atoms with Crippen LogP contribution in [0.1, 0.15) is 30.4 Å². The van der Waals surface area contributed by atoms with Gasteiger partial charge in [0, 0.05) is 17.5 Å². The van der Waals surface area contributed by atoms with E-state index in [4.69, 9.17) is 11.6 Å². The monoisotopic (exact) mass is 305 g/mol. The molecular formula is C18H21ClFN. The fourth-order valence-electron chi connectivity index (χ4n) is 2.45. The predicted molar refractivity (Wildman–Crippen MR) is 87.5 cm³/mol. The Balaban J connectivity index is 2.17. The molecule has 0 aliphatic heterocycles. The van der Waals surface area contributed by atoms with E-state index in [1.807, 2.05) is 30.3 Å². The van der Waals surface area contributed by atoms with Crippen LogP contribution in [-0.2, 0) is 6.42 Å². The van der Waals surface area contributed by atoms with E-state index in [9.17, 15) is 4.39 Å². The molecular weight excluding hydrogens is 285 g/mol. The molecule has 21 heavy (non-hydrogen) atoms. The molecule has 0 saturated heterocycles. The number of rotatable bonds is 7. The number of benzene rings is 2. The molecule has 0 aliphatic rings. The van der Waals surface area contributed by atoms with Crippen molar-refractivity contribution in [2.24, 2.45) is 0 Å². The molecule has 2 aromatic carbocycles. The van der Waals surface area contributed by atoms with Crippen molar-refractivity contribution in [1.29, 1.82) is 0 Å². The fraction of sp³-hybridized carbons (Fsp3) is 0.333. The summed E-state index contributed by atoms with van der Waals surface area (Å²) in [6.45, 7) is 3.93. The summed E-state index contributed by atoms with van der Waals surface area (Å²) in [5.41, 5.74) is 1.90. The number of hydrogen-bond donors (Lipinski definition) is 1. The molecule has 1 unspecified atom stereocenters. The number of halogens is 2. The van der Waals surface area contributed by atoms with Gasteiger partial charge in [-0.2, -0.15) is 0 Å². The summed E-state index contributed by atoms with van der Waals surface area (Å²) < 4.78 is 13.9. The predicted octanol–water partition coefficient (Wildman–Crippen LogP) is 4.81. The average Bonchev–Trinajstić information content (AvgIpc) is 2.48. The zero-order valence-electron chi connectivity index (χ0n) is 12.3. The minimum Gasteiger partial charge on any atom is -0.316 e. The van der Waals surface area contributed by atoms with Gasteiger partial charge in [-0.25, -0.2) is 4.39 Å². The Morgan fingerprint density at radius 1 is 1.14 bits per heavy atom. The van der Waals surface area contributed by atoms with Crippen LogP contribution in [0, 0.1) is 5.82 Å². The van der Waals surface area contributed by atoms with Gasteiger partial charge in [0.05, 0.1) is 0 Å². The lowest BCUT2D eigenvalue weighted by atomic mass is 9.91. The zero-order valence-corrected chi connectivity index (χ0v) is 13.0. The van der Waals surface area contributed by atoms with Gasteiger partial charge in [-0.1, -0.05) is 48.9 Å². The van der Waals surface area contributed by atoms with Gasteiger partial charge in [0.25, 0.3) is 0 Å². The van der Waals surface area contributed by atoms with Crippen molar-refractivity contribution in [1.82, 2.24) is 5.32 Å². The average molecular weight is 306 g/mol. The lowest BCUT2D eigenvalue weighted by Crippen LogP contribution is -2.24. The number of nitrogens with one attached hydrogen (secondary N) is 1. The van der Waals surface area contributed by atoms with Crippen LogP contribution in [0.5, 0.6) is 0 Å². The van der Waals surface area contributed by atoms with Crippen molar-refractivity contribution < 1.29 is 4.39 Å². The third kappa shape index (κ3) is 4.83. The molecule has 0 bridgehead atoms. The molecule has 1 N–H and O–H groups in total. The van der Waals surface area contributed by atoms with E-state index in [2.05, 4.69) is 18.3 Å². The zero-order chi connectivity index (χ0) is 15.1. The molecule has 112 valence electrons. The molecule has 0 saturated carbocycles. The van der Waals surface area contributed by atoms with Gasteiger partial charge in [0.2, 0.25) is 0 Å². The van der Waals surface area contributed by atoms with Crippen LogP contribution in [0.2, 0.25) is 5.02 Å². The Bertz CT molecular complexity index is 571. The van der Waals surface area contributed by atoms with E-state index >= 15 is 0 Å². The lowest BCUT2D eigenvalue weighted by molar-refractivity contribution is 0.553. The molecule has 1 atom stereocenters. The Kier molecular flexibility index (Phi) is 6.21. The van der Waals surface area contributed by atoms with Gasteiger partial charge in [-0.15, -0.1) is 0 Å². The Labute approximate surface area is 131 Å². The maximum Gasteiger partial charge on any atom is 0.126 e. The Hall–Kier alpha value is -1.38. The highest BCUT2D eigenvalue weighted by atomic mass is 35.5. The lowest BCUT2D eigenvalue weighted by Gasteiger charge is -2.19. The second kappa shape index (κ2) is 8.16. The van der Waals surface area contributed by atoms with Gasteiger partial charge in [0.15, 0.2) is 0 Å². The van der Waals surface area contributed by atoms with Crippen LogP contribution in [0.25, 0.3) is 0 Å². The van der Waals surface area contributed by atoms with Gasteiger partial charge in [0.1, 0.15) is 5.82 Å². The number of hydrogen-bond acceptors (Lipinski definition) is 1. The Morgan fingerprint density at radius 3 is 2.67 bits per heavy atom. The van der Waals surface area contributed by atoms with E-state index in [0.717, 1.165) is 35.7 Å². The smallest absolute Gasteiger partial charge is 0.126 e. The fourth-order valence-corrected chi connectivity index (χ4v) is 2.65. The second-order valence-corrected chi connectivity index (χ2v) is 5.69. The summed E-state index contributed by atoms with van der Waals surface area (Å²) in [4.78, 5) is 0. The standard InChI is InChI=1S/C18H21ClFN/c1-2-10-21-13-16(14-7-5-8-17(19)12-14)11-15-6-3-4-9-18(15)20/h3-9,12,16,21H,2,10-11,13H2,1H3. The maximum absolute atomic E-state index is 13.9. The molecule has 0 fully saturated rings. The Morgan fingerprint density at radius 2 is 1.95 bits per heavy atom. The minimum atomic E-state index is -0.139. The molecule has 0 radical (unpaired) electrons. The second-order valence-electron chi connectivity index (χ2n) is 5.25. The summed E-state index contributed by atoms with van der Waals surface area (Å²) in [6.07, 6.45) is 1.76. The largest absolute Gasteiger partial charge is 0.316 e. The van der Waals surface area contributed by atoms with Crippen LogP contribution in [0.4, 0.5) is 4.39 Å². The van der Waals surface area contributed by atoms with Crippen molar-refractivity contribution in [2.75, 3.05) is 13.1 Å². The van der Waals surface area contributed by atoms with E-state index in [1.54, 1.807) is 6.07 Å². The molecule has 0 amide bonds. The molecule has 0 aliphatic carbocycles. The summed E-state index contributed by atoms with van der Waals surface area (Å²) in [5, 5.41) is 4.15. The van der Waals surface area contributed by atoms with Crippen LogP contribution >= 0.6 is 11.6 Å². The van der Waals surface area contributed by atoms with Gasteiger partial charge >= 0.3 is 0 Å². The highest BCUT2D eigenvalue weighted by Crippen LogP contribution is 2.24. The topological polar surface area (TPSA) is 12.0 Å². The minimum absolute atomic E-state index is 0.139. The van der Waals surface area contributed by atoms with Crippen molar-refractivity contribution in [3.8, 4) is 0 Å². The SMILES string of the molecule is CCCNCC(Cc1ccccc1F)c1cccc(Cl)c1. The van der Waals surface area contributed by atoms with Crippen LogP contribution in [0.15, 0.2) is 48.5 Å². The first-order chi connectivity index (χ1) is 10.2. The molecule has 0 spiro atoms. The van der Waals surface area contributed by atoms with Gasteiger partial charge in [-0.05, 0) is 48.7 Å². The van der Waals surface area contributed by atoms with Gasteiger partial charge < -0.3 is 5.32 Å². The molecule has 0 aromatic heterocycles. The molecule has 1 nitrogen and oxygen atoms in total. The normalized spacial score (nSPS) is 12.3. The van der Waals surface area contributed by atoms with Crippen LogP contribution in [0.3, 0.4) is 0 Å². The molecule has 2 aromatic rings. The highest BCUT2D eigenvalue weighted by Gasteiger charge is 2.14. The maximum atomic E-state index is 13.9. The van der Waals surface area contributed by atoms with Crippen molar-refractivity contribution >= 4 is 11.6 Å². The third-order valence-corrected chi connectivity index (χ3v) is 3.80. The first-order valence-corrected chi connectivity index (χ1v) is 7.78. The van der Waals surface area contributed by atoms with Crippen molar-refractivity contribution in [3.63, 3.8) is 0 Å². The van der Waals surface area contributed by atoms with E-state index in [0.29, 0.717) is 6.42 Å². The molecule has 0 heterocycles. The third-order valence-electron chi connectivity index (χ3n) is 3.56. The van der Waals surface area contributed by atoms with Gasteiger partial charge in [-0.3, -0.25) is 0 Å². The highest BCUT2D eigenvalue weighted by molar-refractivity contribution is 6.30. The summed E-state index contributed by atoms with van der Waals surface area (Å²) >= 11 is 6.09. The van der Waals surface area contributed by atoms with E-state index in [-0.39, 0.29) is 11.7 Å². The summed E-state index contributed by atoms with van der Waals surface area (Å²) in [7, 11) is 0. The van der Waals surface area contributed by atoms with Crippen molar-refractivity contribution in [3.05, 3.63) is 70.5 Å². The summed E-state index contributed by atoms with van der Waals surface area (Å²) in [6, 6.07) is 14.8. The van der Waals surface area contributed by atoms with Crippen LogP contribution < -0.4 is 5.32 Å². The van der Waals surface area contributed by atoms with E-state index < -0.39 is 0 Å². The molecule has 2 rings (SSSR count). The first kappa shape index (κ1) is 16.0.